The first-order valence-corrected chi connectivity index (χ1v) is 11.2. The van der Waals surface area contributed by atoms with Crippen LogP contribution in [0.15, 0.2) is 48.5 Å². The van der Waals surface area contributed by atoms with Crippen molar-refractivity contribution in [3.63, 3.8) is 0 Å². The third-order valence-corrected chi connectivity index (χ3v) is 6.19. The second-order valence-electron chi connectivity index (χ2n) is 8.31. The number of piperidine rings is 1. The number of likely N-dealkylation sites (tertiary alicyclic amines) is 1. The fourth-order valence-corrected chi connectivity index (χ4v) is 4.11. The number of methoxy groups -OCH3 is 1. The minimum atomic E-state index is -0.657. The van der Waals surface area contributed by atoms with E-state index in [0.717, 1.165) is 19.3 Å². The van der Waals surface area contributed by atoms with Gasteiger partial charge in [-0.05, 0) is 49.4 Å². The van der Waals surface area contributed by atoms with E-state index in [1.54, 1.807) is 18.1 Å². The number of urea groups is 1. The molecule has 0 bridgehead atoms. The number of hydrogen-bond acceptors (Lipinski definition) is 4. The van der Waals surface area contributed by atoms with E-state index >= 15 is 0 Å². The van der Waals surface area contributed by atoms with Gasteiger partial charge in [-0.2, -0.15) is 0 Å². The molecule has 0 atom stereocenters. The van der Waals surface area contributed by atoms with E-state index in [-0.39, 0.29) is 6.03 Å². The van der Waals surface area contributed by atoms with E-state index < -0.39 is 5.60 Å². The molecule has 0 radical (unpaired) electrons. The number of amides is 2. The molecule has 1 aliphatic rings. The van der Waals surface area contributed by atoms with E-state index in [4.69, 9.17) is 9.47 Å². The number of hydrogen-bond donors (Lipinski definition) is 2. The molecule has 2 aromatic carbocycles. The normalized spacial score (nSPS) is 15.6. The molecule has 1 aliphatic heterocycles. The van der Waals surface area contributed by atoms with Crippen LogP contribution in [0.3, 0.4) is 0 Å². The molecule has 168 valence electrons. The lowest BCUT2D eigenvalue weighted by atomic mass is 9.81. The molecule has 0 unspecified atom stereocenters. The Bertz CT molecular complexity index is 858. The number of nitrogens with one attached hydrogen (secondary N) is 1. The molecule has 0 aromatic heterocycles. The van der Waals surface area contributed by atoms with Crippen molar-refractivity contribution in [2.75, 3.05) is 25.5 Å². The number of aliphatic hydroxyl groups is 1. The van der Waals surface area contributed by atoms with Crippen LogP contribution in [-0.4, -0.2) is 41.8 Å². The Morgan fingerprint density at radius 1 is 1.10 bits per heavy atom. The Hall–Kier alpha value is -2.73. The number of carbonyl (C=O) groups is 1. The van der Waals surface area contributed by atoms with E-state index in [1.807, 2.05) is 42.5 Å². The summed E-state index contributed by atoms with van der Waals surface area (Å²) in [6.45, 7) is 5.46. The SMILES string of the molecule is CCC(CC)CC1(O)CCN(C(=O)Nc2cccc(Oc3ccccc3OC)c2)CC1. The number of benzene rings is 2. The molecule has 0 saturated carbocycles. The van der Waals surface area contributed by atoms with Gasteiger partial charge < -0.3 is 24.8 Å². The maximum atomic E-state index is 12.8. The van der Waals surface area contributed by atoms with E-state index in [0.29, 0.717) is 54.8 Å². The summed E-state index contributed by atoms with van der Waals surface area (Å²) in [4.78, 5) is 14.5. The zero-order chi connectivity index (χ0) is 22.3. The van der Waals surface area contributed by atoms with Gasteiger partial charge in [-0.3, -0.25) is 0 Å². The lowest BCUT2D eigenvalue weighted by Crippen LogP contribution is -2.48. The van der Waals surface area contributed by atoms with Gasteiger partial charge in [0.2, 0.25) is 0 Å². The van der Waals surface area contributed by atoms with Crippen LogP contribution in [0, 0.1) is 5.92 Å². The van der Waals surface area contributed by atoms with E-state index in [2.05, 4.69) is 19.2 Å². The number of nitrogens with zero attached hydrogens (tertiary/aromatic N) is 1. The first kappa shape index (κ1) is 22.9. The molecule has 6 heteroatoms. The summed E-state index contributed by atoms with van der Waals surface area (Å²) in [5.74, 6) is 2.41. The molecule has 2 aromatic rings. The Labute approximate surface area is 185 Å². The quantitative estimate of drug-likeness (QED) is 0.570. The molecular weight excluding hydrogens is 392 g/mol. The molecule has 2 amide bonds. The molecule has 31 heavy (non-hydrogen) atoms. The largest absolute Gasteiger partial charge is 0.493 e. The van der Waals surface area contributed by atoms with Crippen LogP contribution in [-0.2, 0) is 0 Å². The van der Waals surface area contributed by atoms with Crippen molar-refractivity contribution in [1.29, 1.82) is 0 Å². The van der Waals surface area contributed by atoms with Gasteiger partial charge in [-0.15, -0.1) is 0 Å². The monoisotopic (exact) mass is 426 g/mol. The molecule has 1 heterocycles. The third-order valence-electron chi connectivity index (χ3n) is 6.19. The summed E-state index contributed by atoms with van der Waals surface area (Å²) in [6, 6.07) is 14.6. The lowest BCUT2D eigenvalue weighted by Gasteiger charge is -2.39. The fraction of sp³-hybridized carbons (Fsp3) is 0.480. The Morgan fingerprint density at radius 3 is 2.42 bits per heavy atom. The zero-order valence-electron chi connectivity index (χ0n) is 18.8. The Balaban J connectivity index is 1.57. The highest BCUT2D eigenvalue weighted by atomic mass is 16.5. The standard InChI is InChI=1S/C25H34N2O4/c1-4-19(5-2)18-25(29)13-15-27(16-14-25)24(28)26-20-9-8-10-21(17-20)31-23-12-7-6-11-22(23)30-3/h6-12,17,19,29H,4-5,13-16,18H2,1-3H3,(H,26,28). The van der Waals surface area contributed by atoms with Crippen molar-refractivity contribution in [1.82, 2.24) is 4.90 Å². The van der Waals surface area contributed by atoms with Crippen LogP contribution in [0.5, 0.6) is 17.2 Å². The number of rotatable bonds is 8. The van der Waals surface area contributed by atoms with E-state index in [1.165, 1.54) is 0 Å². The molecule has 1 saturated heterocycles. The van der Waals surface area contributed by atoms with Gasteiger partial charge >= 0.3 is 6.03 Å². The van der Waals surface area contributed by atoms with Crippen LogP contribution >= 0.6 is 0 Å². The van der Waals surface area contributed by atoms with Gasteiger partial charge in [-0.25, -0.2) is 4.79 Å². The van der Waals surface area contributed by atoms with Gasteiger partial charge in [0, 0.05) is 24.8 Å². The van der Waals surface area contributed by atoms with Gasteiger partial charge in [0.1, 0.15) is 5.75 Å². The number of carbonyl (C=O) groups excluding carboxylic acids is 1. The first-order chi connectivity index (χ1) is 15.0. The van der Waals surface area contributed by atoms with Crippen molar-refractivity contribution in [2.45, 2.75) is 51.6 Å². The highest BCUT2D eigenvalue weighted by molar-refractivity contribution is 5.89. The topological polar surface area (TPSA) is 71.0 Å². The summed E-state index contributed by atoms with van der Waals surface area (Å²) in [6.07, 6.45) is 4.21. The van der Waals surface area contributed by atoms with Gasteiger partial charge in [0.05, 0.1) is 12.7 Å². The van der Waals surface area contributed by atoms with Gasteiger partial charge in [0.25, 0.3) is 0 Å². The number of ether oxygens (including phenoxy) is 2. The predicted octanol–water partition coefficient (Wildman–Crippen LogP) is 5.67. The summed E-state index contributed by atoms with van der Waals surface area (Å²) >= 11 is 0. The van der Waals surface area contributed by atoms with Gasteiger partial charge in [-0.1, -0.05) is 44.9 Å². The minimum absolute atomic E-state index is 0.154. The Morgan fingerprint density at radius 2 is 1.77 bits per heavy atom. The molecule has 3 rings (SSSR count). The second kappa shape index (κ2) is 10.5. The van der Waals surface area contributed by atoms with Crippen LogP contribution in [0.4, 0.5) is 10.5 Å². The highest BCUT2D eigenvalue weighted by Gasteiger charge is 2.35. The highest BCUT2D eigenvalue weighted by Crippen LogP contribution is 2.33. The second-order valence-corrected chi connectivity index (χ2v) is 8.31. The minimum Gasteiger partial charge on any atom is -0.493 e. The summed E-state index contributed by atoms with van der Waals surface area (Å²) in [5.41, 5.74) is 0.00550. The predicted molar refractivity (Wildman–Crippen MR) is 123 cm³/mol. The molecule has 2 N–H and O–H groups in total. The maximum absolute atomic E-state index is 12.8. The van der Waals surface area contributed by atoms with Crippen LogP contribution in [0.2, 0.25) is 0 Å². The average Bonchev–Trinajstić information content (AvgIpc) is 2.78. The molecular formula is C25H34N2O4. The fourth-order valence-electron chi connectivity index (χ4n) is 4.11. The average molecular weight is 427 g/mol. The number of anilines is 1. The summed E-state index contributed by atoms with van der Waals surface area (Å²) in [7, 11) is 1.60. The van der Waals surface area contributed by atoms with Crippen molar-refractivity contribution in [3.05, 3.63) is 48.5 Å². The molecule has 0 spiro atoms. The first-order valence-electron chi connectivity index (χ1n) is 11.2. The van der Waals surface area contributed by atoms with Crippen LogP contribution in [0.25, 0.3) is 0 Å². The van der Waals surface area contributed by atoms with Crippen molar-refractivity contribution in [3.8, 4) is 17.2 Å². The lowest BCUT2D eigenvalue weighted by molar-refractivity contribution is -0.0309. The van der Waals surface area contributed by atoms with Crippen molar-refractivity contribution >= 4 is 11.7 Å². The maximum Gasteiger partial charge on any atom is 0.321 e. The van der Waals surface area contributed by atoms with E-state index in [9.17, 15) is 9.90 Å². The summed E-state index contributed by atoms with van der Waals surface area (Å²) < 4.78 is 11.3. The van der Waals surface area contributed by atoms with Crippen LogP contribution < -0.4 is 14.8 Å². The van der Waals surface area contributed by atoms with Gasteiger partial charge in [0.15, 0.2) is 11.5 Å². The summed E-state index contributed by atoms with van der Waals surface area (Å²) in [5, 5.41) is 13.9. The van der Waals surface area contributed by atoms with Crippen LogP contribution in [0.1, 0.15) is 46.0 Å². The molecule has 1 fully saturated rings. The third kappa shape index (κ3) is 6.14. The van der Waals surface area contributed by atoms with Crippen molar-refractivity contribution in [2.24, 2.45) is 5.92 Å². The van der Waals surface area contributed by atoms with Crippen molar-refractivity contribution < 1.29 is 19.4 Å². The molecule has 0 aliphatic carbocycles. The Kier molecular flexibility index (Phi) is 7.80. The number of para-hydroxylation sites is 2. The smallest absolute Gasteiger partial charge is 0.321 e. The molecule has 6 nitrogen and oxygen atoms in total. The zero-order valence-corrected chi connectivity index (χ0v) is 18.8.